The maximum absolute atomic E-state index is 5.46. The summed E-state index contributed by atoms with van der Waals surface area (Å²) < 4.78 is 7.45. The maximum Gasteiger partial charge on any atom is 0.0850 e. The molecule has 1 fully saturated rings. The van der Waals surface area contributed by atoms with Gasteiger partial charge in [0.1, 0.15) is 0 Å². The number of aromatic nitrogens is 2. The zero-order chi connectivity index (χ0) is 13.0. The summed E-state index contributed by atoms with van der Waals surface area (Å²) in [6, 6.07) is 2.93. The van der Waals surface area contributed by atoms with Crippen molar-refractivity contribution in [1.29, 1.82) is 0 Å². The van der Waals surface area contributed by atoms with Gasteiger partial charge in [0.15, 0.2) is 0 Å². The van der Waals surface area contributed by atoms with E-state index in [2.05, 4.69) is 43.3 Å². The van der Waals surface area contributed by atoms with Crippen LogP contribution in [0, 0.1) is 0 Å². The topological polar surface area (TPSA) is 39.1 Å². The van der Waals surface area contributed by atoms with Crippen molar-refractivity contribution in [3.05, 3.63) is 23.5 Å². The van der Waals surface area contributed by atoms with E-state index in [1.165, 1.54) is 5.57 Å². The Kier molecular flexibility index (Phi) is 4.55. The standard InChI is InChI=1S/C14H23N3O/c1-11(2)17-6-4-13(16-17)8-12(3)9-14-10-18-7-5-15-14/h4,6,8,11,14-15H,5,7,9-10H2,1-3H3/b12-8-. The van der Waals surface area contributed by atoms with Gasteiger partial charge in [-0.05, 0) is 39.3 Å². The molecule has 1 aliphatic rings. The molecule has 0 saturated carbocycles. The zero-order valence-corrected chi connectivity index (χ0v) is 11.5. The largest absolute Gasteiger partial charge is 0.379 e. The lowest BCUT2D eigenvalue weighted by Gasteiger charge is -2.23. The minimum atomic E-state index is 0.417. The van der Waals surface area contributed by atoms with Gasteiger partial charge in [-0.15, -0.1) is 0 Å². The average Bonchev–Trinajstić information content (AvgIpc) is 2.78. The normalized spacial score (nSPS) is 21.6. The molecule has 0 aliphatic carbocycles. The smallest absolute Gasteiger partial charge is 0.0850 e. The van der Waals surface area contributed by atoms with Crippen LogP contribution in [-0.4, -0.2) is 35.6 Å². The second kappa shape index (κ2) is 6.16. The van der Waals surface area contributed by atoms with Crippen LogP contribution in [0.5, 0.6) is 0 Å². The minimum Gasteiger partial charge on any atom is -0.379 e. The van der Waals surface area contributed by atoms with E-state index in [9.17, 15) is 0 Å². The van der Waals surface area contributed by atoms with Gasteiger partial charge < -0.3 is 10.1 Å². The highest BCUT2D eigenvalue weighted by Gasteiger charge is 2.13. The summed E-state index contributed by atoms with van der Waals surface area (Å²) in [5.41, 5.74) is 2.38. The molecule has 0 bridgehead atoms. The predicted octanol–water partition coefficient (Wildman–Crippen LogP) is 2.25. The van der Waals surface area contributed by atoms with E-state index in [-0.39, 0.29) is 0 Å². The lowest BCUT2D eigenvalue weighted by atomic mass is 10.1. The Balaban J connectivity index is 1.93. The first-order valence-corrected chi connectivity index (χ1v) is 6.68. The predicted molar refractivity (Wildman–Crippen MR) is 73.5 cm³/mol. The number of hydrogen-bond donors (Lipinski definition) is 1. The van der Waals surface area contributed by atoms with Gasteiger partial charge >= 0.3 is 0 Å². The molecule has 1 unspecified atom stereocenters. The van der Waals surface area contributed by atoms with Crippen LogP contribution in [0.25, 0.3) is 6.08 Å². The maximum atomic E-state index is 5.46. The van der Waals surface area contributed by atoms with E-state index in [4.69, 9.17) is 4.74 Å². The van der Waals surface area contributed by atoms with Gasteiger partial charge in [-0.1, -0.05) is 5.57 Å². The van der Waals surface area contributed by atoms with Gasteiger partial charge in [0.2, 0.25) is 0 Å². The third-order valence-corrected chi connectivity index (χ3v) is 3.12. The molecule has 0 spiro atoms. The highest BCUT2D eigenvalue weighted by molar-refractivity contribution is 5.47. The molecule has 1 saturated heterocycles. The monoisotopic (exact) mass is 249 g/mol. The second-order valence-corrected chi connectivity index (χ2v) is 5.24. The summed E-state index contributed by atoms with van der Waals surface area (Å²) in [6.07, 6.45) is 5.22. The lowest BCUT2D eigenvalue weighted by Crippen LogP contribution is -2.41. The van der Waals surface area contributed by atoms with Crippen LogP contribution in [0.2, 0.25) is 0 Å². The van der Waals surface area contributed by atoms with E-state index >= 15 is 0 Å². The third kappa shape index (κ3) is 3.68. The molecule has 2 heterocycles. The molecule has 1 atom stereocenters. The number of nitrogens with one attached hydrogen (secondary N) is 1. The van der Waals surface area contributed by atoms with E-state index < -0.39 is 0 Å². The molecule has 1 aromatic heterocycles. The Morgan fingerprint density at radius 3 is 3.11 bits per heavy atom. The molecule has 18 heavy (non-hydrogen) atoms. The van der Waals surface area contributed by atoms with Crippen LogP contribution >= 0.6 is 0 Å². The average molecular weight is 249 g/mol. The third-order valence-electron chi connectivity index (χ3n) is 3.12. The highest BCUT2D eigenvalue weighted by atomic mass is 16.5. The fourth-order valence-electron chi connectivity index (χ4n) is 2.17. The highest BCUT2D eigenvalue weighted by Crippen LogP contribution is 2.13. The van der Waals surface area contributed by atoms with E-state index in [0.29, 0.717) is 12.1 Å². The fourth-order valence-corrected chi connectivity index (χ4v) is 2.17. The first-order chi connectivity index (χ1) is 8.65. The molecule has 0 aromatic carbocycles. The minimum absolute atomic E-state index is 0.417. The first kappa shape index (κ1) is 13.3. The van der Waals surface area contributed by atoms with Crippen LogP contribution < -0.4 is 5.32 Å². The SMILES string of the molecule is C/C(=C/c1ccn(C(C)C)n1)CC1COCCN1. The molecule has 1 aromatic rings. The fraction of sp³-hybridized carbons (Fsp3) is 0.643. The Hall–Kier alpha value is -1.13. The second-order valence-electron chi connectivity index (χ2n) is 5.24. The Labute approximate surface area is 109 Å². The van der Waals surface area contributed by atoms with Crippen LogP contribution in [0.3, 0.4) is 0 Å². The van der Waals surface area contributed by atoms with Crippen molar-refractivity contribution in [2.45, 2.75) is 39.3 Å². The van der Waals surface area contributed by atoms with Crippen molar-refractivity contribution < 1.29 is 4.74 Å². The van der Waals surface area contributed by atoms with E-state index in [1.807, 2.05) is 10.9 Å². The van der Waals surface area contributed by atoms with Gasteiger partial charge in [-0.25, -0.2) is 0 Å². The molecule has 2 rings (SSSR count). The summed E-state index contributed by atoms with van der Waals surface area (Å²) in [4.78, 5) is 0. The molecule has 4 nitrogen and oxygen atoms in total. The van der Waals surface area contributed by atoms with Crippen LogP contribution in [-0.2, 0) is 4.74 Å². The quantitative estimate of drug-likeness (QED) is 0.889. The summed E-state index contributed by atoms with van der Waals surface area (Å²) in [5.74, 6) is 0. The van der Waals surface area contributed by atoms with Crippen LogP contribution in [0.15, 0.2) is 17.8 Å². The van der Waals surface area contributed by atoms with Crippen molar-refractivity contribution in [2.24, 2.45) is 0 Å². The molecule has 4 heteroatoms. The zero-order valence-electron chi connectivity index (χ0n) is 11.5. The summed E-state index contributed by atoms with van der Waals surface area (Å²) in [6.45, 7) is 9.03. The van der Waals surface area contributed by atoms with E-state index in [0.717, 1.165) is 31.9 Å². The van der Waals surface area contributed by atoms with Crippen molar-refractivity contribution in [3.8, 4) is 0 Å². The van der Waals surface area contributed by atoms with Crippen LogP contribution in [0.1, 0.15) is 38.9 Å². The van der Waals surface area contributed by atoms with Crippen molar-refractivity contribution in [1.82, 2.24) is 15.1 Å². The molecular weight excluding hydrogens is 226 g/mol. The summed E-state index contributed by atoms with van der Waals surface area (Å²) in [5, 5.41) is 8.00. The Morgan fingerprint density at radius 1 is 1.67 bits per heavy atom. The van der Waals surface area contributed by atoms with Gasteiger partial charge in [0.25, 0.3) is 0 Å². The molecule has 1 N–H and O–H groups in total. The van der Waals surface area contributed by atoms with Crippen molar-refractivity contribution >= 4 is 6.08 Å². The molecule has 0 radical (unpaired) electrons. The first-order valence-electron chi connectivity index (χ1n) is 6.68. The molecule has 1 aliphatic heterocycles. The van der Waals surface area contributed by atoms with Crippen molar-refractivity contribution in [2.75, 3.05) is 19.8 Å². The Bertz CT molecular complexity index is 403. The van der Waals surface area contributed by atoms with Gasteiger partial charge in [-0.2, -0.15) is 5.10 Å². The number of ether oxygens (including phenoxy) is 1. The lowest BCUT2D eigenvalue weighted by molar-refractivity contribution is 0.0771. The summed E-state index contributed by atoms with van der Waals surface area (Å²) >= 11 is 0. The number of rotatable bonds is 4. The molecular formula is C14H23N3O. The number of nitrogens with zero attached hydrogens (tertiary/aromatic N) is 2. The Morgan fingerprint density at radius 2 is 2.50 bits per heavy atom. The molecule has 0 amide bonds. The van der Waals surface area contributed by atoms with E-state index in [1.54, 1.807) is 0 Å². The van der Waals surface area contributed by atoms with Gasteiger partial charge in [0, 0.05) is 24.8 Å². The summed E-state index contributed by atoms with van der Waals surface area (Å²) in [7, 11) is 0. The number of hydrogen-bond acceptors (Lipinski definition) is 3. The molecule has 100 valence electrons. The van der Waals surface area contributed by atoms with Gasteiger partial charge in [0.05, 0.1) is 18.9 Å². The van der Waals surface area contributed by atoms with Crippen LogP contribution in [0.4, 0.5) is 0 Å². The van der Waals surface area contributed by atoms with Crippen molar-refractivity contribution in [3.63, 3.8) is 0 Å². The number of morpholine rings is 1. The van der Waals surface area contributed by atoms with Gasteiger partial charge in [-0.3, -0.25) is 4.68 Å².